The van der Waals surface area contributed by atoms with Gasteiger partial charge in [-0.15, -0.1) is 0 Å². The van der Waals surface area contributed by atoms with Gasteiger partial charge in [0, 0.05) is 24.2 Å². The molecule has 0 saturated heterocycles. The number of rotatable bonds is 3. The van der Waals surface area contributed by atoms with E-state index in [4.69, 9.17) is 5.73 Å². The Labute approximate surface area is 92.7 Å². The fraction of sp³-hybridized carbons (Fsp3) is 0.750. The lowest BCUT2D eigenvalue weighted by atomic mass is 9.92. The first-order valence-corrected chi connectivity index (χ1v) is 5.59. The Morgan fingerprint density at radius 1 is 1.47 bits per heavy atom. The van der Waals surface area contributed by atoms with Gasteiger partial charge in [0.05, 0.1) is 5.69 Å². The van der Waals surface area contributed by atoms with Gasteiger partial charge >= 0.3 is 0 Å². The van der Waals surface area contributed by atoms with Crippen LogP contribution in [0.5, 0.6) is 0 Å². The predicted octanol–water partition coefficient (Wildman–Crippen LogP) is 2.00. The Kier molecular flexibility index (Phi) is 3.55. The van der Waals surface area contributed by atoms with Crippen molar-refractivity contribution in [3.05, 3.63) is 17.5 Å². The van der Waals surface area contributed by atoms with E-state index in [9.17, 15) is 0 Å². The lowest BCUT2D eigenvalue weighted by Gasteiger charge is -2.13. The van der Waals surface area contributed by atoms with Gasteiger partial charge in [-0.3, -0.25) is 4.68 Å². The number of nitrogens with two attached hydrogens (primary N) is 1. The summed E-state index contributed by atoms with van der Waals surface area (Å²) in [6.45, 7) is 8.60. The van der Waals surface area contributed by atoms with Gasteiger partial charge in [0.2, 0.25) is 0 Å². The molecule has 0 radical (unpaired) electrons. The monoisotopic (exact) mass is 209 g/mol. The summed E-state index contributed by atoms with van der Waals surface area (Å²) in [5, 5.41) is 4.54. The average molecular weight is 209 g/mol. The molecule has 3 nitrogen and oxygen atoms in total. The van der Waals surface area contributed by atoms with Crippen LogP contribution in [0.4, 0.5) is 0 Å². The van der Waals surface area contributed by atoms with Crippen LogP contribution < -0.4 is 5.73 Å². The summed E-state index contributed by atoms with van der Waals surface area (Å²) < 4.78 is 1.98. The summed E-state index contributed by atoms with van der Waals surface area (Å²) in [4.78, 5) is 0. The number of nitrogens with zero attached hydrogens (tertiary/aromatic N) is 2. The molecule has 0 fully saturated rings. The molecular formula is C12H23N3. The third kappa shape index (κ3) is 3.34. The van der Waals surface area contributed by atoms with E-state index < -0.39 is 0 Å². The smallest absolute Gasteiger partial charge is 0.0680 e. The molecule has 86 valence electrons. The molecule has 1 rings (SSSR count). The highest BCUT2D eigenvalue weighted by molar-refractivity contribution is 5.17. The van der Waals surface area contributed by atoms with Gasteiger partial charge in [0.15, 0.2) is 0 Å². The normalized spacial score (nSPS) is 14.3. The Balaban J connectivity index is 2.78. The van der Waals surface area contributed by atoms with Gasteiger partial charge in [-0.2, -0.15) is 5.10 Å². The molecule has 0 saturated carbocycles. The lowest BCUT2D eigenvalue weighted by molar-refractivity contribution is 0.549. The highest BCUT2D eigenvalue weighted by Gasteiger charge is 2.18. The van der Waals surface area contributed by atoms with Gasteiger partial charge < -0.3 is 5.73 Å². The molecule has 0 aliphatic rings. The second kappa shape index (κ2) is 4.35. The molecule has 0 bridgehead atoms. The molecular weight excluding hydrogens is 186 g/mol. The van der Waals surface area contributed by atoms with Gasteiger partial charge in [-0.1, -0.05) is 20.8 Å². The molecule has 2 N–H and O–H groups in total. The van der Waals surface area contributed by atoms with E-state index in [0.29, 0.717) is 0 Å². The number of hydrogen-bond acceptors (Lipinski definition) is 2. The van der Waals surface area contributed by atoms with Crippen LogP contribution >= 0.6 is 0 Å². The number of hydrogen-bond donors (Lipinski definition) is 1. The number of aryl methyl sites for hydroxylation is 2. The highest BCUT2D eigenvalue weighted by atomic mass is 15.3. The first kappa shape index (κ1) is 12.2. The first-order chi connectivity index (χ1) is 6.80. The van der Waals surface area contributed by atoms with Crippen LogP contribution in [0.2, 0.25) is 0 Å². The van der Waals surface area contributed by atoms with Gasteiger partial charge in [-0.05, 0) is 25.8 Å². The number of aromatic nitrogens is 2. The van der Waals surface area contributed by atoms with Crippen LogP contribution in [0.15, 0.2) is 6.07 Å². The first-order valence-electron chi connectivity index (χ1n) is 5.59. The molecule has 0 aliphatic heterocycles. The van der Waals surface area contributed by atoms with E-state index in [0.717, 1.165) is 18.5 Å². The lowest BCUT2D eigenvalue weighted by Crippen LogP contribution is -2.16. The van der Waals surface area contributed by atoms with Crippen LogP contribution in [0.1, 0.15) is 45.5 Å². The van der Waals surface area contributed by atoms with Crippen LogP contribution in [0.3, 0.4) is 0 Å². The quantitative estimate of drug-likeness (QED) is 0.827. The van der Waals surface area contributed by atoms with Crippen LogP contribution in [0, 0.1) is 0 Å². The van der Waals surface area contributed by atoms with E-state index in [1.54, 1.807) is 0 Å². The fourth-order valence-electron chi connectivity index (χ4n) is 1.48. The highest BCUT2D eigenvalue weighted by Crippen LogP contribution is 2.21. The van der Waals surface area contributed by atoms with Crippen molar-refractivity contribution >= 4 is 0 Å². The molecule has 0 spiro atoms. The van der Waals surface area contributed by atoms with Crippen molar-refractivity contribution < 1.29 is 0 Å². The largest absolute Gasteiger partial charge is 0.328 e. The third-order valence-corrected chi connectivity index (χ3v) is 2.60. The van der Waals surface area contributed by atoms with E-state index in [1.807, 2.05) is 18.7 Å². The Morgan fingerprint density at radius 2 is 2.07 bits per heavy atom. The van der Waals surface area contributed by atoms with E-state index in [1.165, 1.54) is 5.69 Å². The van der Waals surface area contributed by atoms with Crippen molar-refractivity contribution in [2.75, 3.05) is 0 Å². The van der Waals surface area contributed by atoms with Crippen molar-refractivity contribution in [2.24, 2.45) is 12.8 Å². The minimum atomic E-state index is 0.129. The maximum Gasteiger partial charge on any atom is 0.0680 e. The summed E-state index contributed by atoms with van der Waals surface area (Å²) in [7, 11) is 2.01. The zero-order valence-corrected chi connectivity index (χ0v) is 10.5. The minimum Gasteiger partial charge on any atom is -0.328 e. The zero-order chi connectivity index (χ0) is 11.6. The molecule has 1 atom stereocenters. The molecule has 1 aromatic heterocycles. The van der Waals surface area contributed by atoms with Gasteiger partial charge in [0.1, 0.15) is 0 Å². The Morgan fingerprint density at radius 3 is 2.47 bits per heavy atom. The zero-order valence-electron chi connectivity index (χ0n) is 10.5. The SMILES string of the molecule is C[C@@H](N)CCc1cc(C(C)(C)C)nn1C. The molecule has 0 amide bonds. The molecule has 15 heavy (non-hydrogen) atoms. The van der Waals surface area contributed by atoms with E-state index >= 15 is 0 Å². The van der Waals surface area contributed by atoms with Crippen molar-refractivity contribution in [3.8, 4) is 0 Å². The van der Waals surface area contributed by atoms with Crippen molar-refractivity contribution in [3.63, 3.8) is 0 Å². The Bertz CT molecular complexity index is 318. The average Bonchev–Trinajstić information content (AvgIpc) is 2.42. The van der Waals surface area contributed by atoms with Gasteiger partial charge in [0.25, 0.3) is 0 Å². The van der Waals surface area contributed by atoms with Crippen molar-refractivity contribution in [1.29, 1.82) is 0 Å². The molecule has 0 aromatic carbocycles. The van der Waals surface area contributed by atoms with Crippen molar-refractivity contribution in [1.82, 2.24) is 9.78 Å². The Hall–Kier alpha value is -0.830. The second-order valence-electron chi connectivity index (χ2n) is 5.41. The van der Waals surface area contributed by atoms with Crippen LogP contribution in [0.25, 0.3) is 0 Å². The summed E-state index contributed by atoms with van der Waals surface area (Å²) in [6.07, 6.45) is 2.03. The van der Waals surface area contributed by atoms with Crippen molar-refractivity contribution in [2.45, 2.75) is 52.0 Å². The van der Waals surface area contributed by atoms with E-state index in [2.05, 4.69) is 31.9 Å². The standard InChI is InChI=1S/C12H23N3/c1-9(13)6-7-10-8-11(12(2,3)4)14-15(10)5/h8-9H,6-7,13H2,1-5H3/t9-/m1/s1. The molecule has 0 aliphatic carbocycles. The molecule has 1 heterocycles. The summed E-state index contributed by atoms with van der Waals surface area (Å²) in [5.41, 5.74) is 8.31. The molecule has 1 aromatic rings. The molecule has 0 unspecified atom stereocenters. The molecule has 3 heteroatoms. The van der Waals surface area contributed by atoms with E-state index in [-0.39, 0.29) is 11.5 Å². The van der Waals surface area contributed by atoms with Gasteiger partial charge in [-0.25, -0.2) is 0 Å². The summed E-state index contributed by atoms with van der Waals surface area (Å²) in [5.74, 6) is 0. The van der Waals surface area contributed by atoms with Crippen LogP contribution in [-0.2, 0) is 18.9 Å². The maximum atomic E-state index is 5.75. The maximum absolute atomic E-state index is 5.75. The second-order valence-corrected chi connectivity index (χ2v) is 5.41. The predicted molar refractivity (Wildman–Crippen MR) is 63.9 cm³/mol. The third-order valence-electron chi connectivity index (χ3n) is 2.60. The topological polar surface area (TPSA) is 43.8 Å². The minimum absolute atomic E-state index is 0.129. The summed E-state index contributed by atoms with van der Waals surface area (Å²) >= 11 is 0. The summed E-state index contributed by atoms with van der Waals surface area (Å²) in [6, 6.07) is 2.46. The van der Waals surface area contributed by atoms with Crippen LogP contribution in [-0.4, -0.2) is 15.8 Å². The fourth-order valence-corrected chi connectivity index (χ4v) is 1.48.